The number of aromatic nitrogens is 2. The van der Waals surface area contributed by atoms with E-state index in [0.717, 1.165) is 25.5 Å². The standard InChI is InChI=1S/C18H22F2N4O.H2O/c19-15-5-3-14(4-6-15)18(25,24-10-8-21-9-11-24)7-1-2-17-22-12-16(20)13-23-17;/h3-6,12-13,21,25H,1-2,7-11H2;1H2. The summed E-state index contributed by atoms with van der Waals surface area (Å²) in [6.07, 6.45) is 3.91. The third-order valence-electron chi connectivity index (χ3n) is 4.55. The number of aryl methyl sites for hydroxylation is 1. The number of rotatable bonds is 6. The minimum atomic E-state index is -1.17. The molecule has 4 N–H and O–H groups in total. The Morgan fingerprint density at radius 3 is 2.27 bits per heavy atom. The Hall–Kier alpha value is -2.00. The summed E-state index contributed by atoms with van der Waals surface area (Å²) in [5, 5.41) is 14.7. The molecule has 1 fully saturated rings. The molecule has 1 atom stereocenters. The highest BCUT2D eigenvalue weighted by molar-refractivity contribution is 5.23. The predicted octanol–water partition coefficient (Wildman–Crippen LogP) is 1.00. The first-order valence-corrected chi connectivity index (χ1v) is 8.48. The van der Waals surface area contributed by atoms with E-state index in [1.54, 1.807) is 12.1 Å². The number of hydrogen-bond donors (Lipinski definition) is 2. The Kier molecular flexibility index (Phi) is 7.10. The average molecular weight is 366 g/mol. The van der Waals surface area contributed by atoms with E-state index in [4.69, 9.17) is 0 Å². The van der Waals surface area contributed by atoms with Crippen LogP contribution in [0.25, 0.3) is 0 Å². The molecule has 1 aliphatic heterocycles. The van der Waals surface area contributed by atoms with Gasteiger partial charge in [0.25, 0.3) is 0 Å². The second kappa shape index (κ2) is 9.09. The van der Waals surface area contributed by atoms with Gasteiger partial charge in [0, 0.05) is 32.6 Å². The monoisotopic (exact) mass is 366 g/mol. The highest BCUT2D eigenvalue weighted by Gasteiger charge is 2.36. The fourth-order valence-electron chi connectivity index (χ4n) is 3.20. The van der Waals surface area contributed by atoms with Gasteiger partial charge >= 0.3 is 0 Å². The van der Waals surface area contributed by atoms with E-state index in [0.29, 0.717) is 43.7 Å². The SMILES string of the molecule is O.OC(CCCc1ncc(F)cn1)(c1ccc(F)cc1)N1CCNCC1. The van der Waals surface area contributed by atoms with Gasteiger partial charge in [-0.3, -0.25) is 4.90 Å². The number of hydrogen-bond acceptors (Lipinski definition) is 5. The topological polar surface area (TPSA) is 92.8 Å². The molecule has 142 valence electrons. The first-order chi connectivity index (χ1) is 12.1. The predicted molar refractivity (Wildman–Crippen MR) is 93.3 cm³/mol. The van der Waals surface area contributed by atoms with Crippen molar-refractivity contribution in [1.29, 1.82) is 0 Å². The van der Waals surface area contributed by atoms with E-state index >= 15 is 0 Å². The van der Waals surface area contributed by atoms with Crippen molar-refractivity contribution in [2.75, 3.05) is 26.2 Å². The minimum absolute atomic E-state index is 0. The minimum Gasteiger partial charge on any atom is -0.412 e. The number of halogens is 2. The Balaban J connectivity index is 0.00000243. The lowest BCUT2D eigenvalue weighted by molar-refractivity contribution is -0.127. The fraction of sp³-hybridized carbons (Fsp3) is 0.444. The van der Waals surface area contributed by atoms with Crippen molar-refractivity contribution in [1.82, 2.24) is 20.2 Å². The van der Waals surface area contributed by atoms with Gasteiger partial charge in [-0.15, -0.1) is 0 Å². The van der Waals surface area contributed by atoms with Crippen LogP contribution < -0.4 is 5.32 Å². The van der Waals surface area contributed by atoms with E-state index in [-0.39, 0.29) is 11.3 Å². The molecule has 8 heteroatoms. The van der Waals surface area contributed by atoms with Gasteiger partial charge in [0.05, 0.1) is 12.4 Å². The normalized spacial score (nSPS) is 17.3. The summed E-state index contributed by atoms with van der Waals surface area (Å²) in [5.41, 5.74) is -0.494. The van der Waals surface area contributed by atoms with E-state index in [9.17, 15) is 13.9 Å². The van der Waals surface area contributed by atoms with Crippen LogP contribution in [-0.2, 0) is 12.1 Å². The Labute approximate surface area is 151 Å². The zero-order chi connectivity index (χ0) is 17.7. The van der Waals surface area contributed by atoms with Crippen LogP contribution in [0, 0.1) is 11.6 Å². The van der Waals surface area contributed by atoms with Gasteiger partial charge in [-0.2, -0.15) is 0 Å². The van der Waals surface area contributed by atoms with Crippen LogP contribution in [0.4, 0.5) is 8.78 Å². The zero-order valence-electron chi connectivity index (χ0n) is 14.5. The van der Waals surface area contributed by atoms with E-state index in [1.807, 2.05) is 4.90 Å². The summed E-state index contributed by atoms with van der Waals surface area (Å²) < 4.78 is 26.2. The number of nitrogens with one attached hydrogen (secondary N) is 1. The summed E-state index contributed by atoms with van der Waals surface area (Å²) in [4.78, 5) is 9.92. The first-order valence-electron chi connectivity index (χ1n) is 8.48. The zero-order valence-corrected chi connectivity index (χ0v) is 14.5. The molecule has 0 radical (unpaired) electrons. The molecule has 1 aromatic heterocycles. The molecule has 0 spiro atoms. The number of aliphatic hydroxyl groups is 1. The Bertz CT molecular complexity index is 679. The number of piperazine rings is 1. The molecule has 0 aliphatic carbocycles. The summed E-state index contributed by atoms with van der Waals surface area (Å²) in [5.74, 6) is -0.248. The molecule has 6 nitrogen and oxygen atoms in total. The molecule has 0 bridgehead atoms. The smallest absolute Gasteiger partial charge is 0.159 e. The lowest BCUT2D eigenvalue weighted by atomic mass is 9.94. The van der Waals surface area contributed by atoms with Crippen LogP contribution in [0.5, 0.6) is 0 Å². The van der Waals surface area contributed by atoms with Crippen molar-refractivity contribution in [3.8, 4) is 0 Å². The molecular weight excluding hydrogens is 342 g/mol. The fourth-order valence-corrected chi connectivity index (χ4v) is 3.20. The van der Waals surface area contributed by atoms with Crippen LogP contribution in [0.15, 0.2) is 36.7 Å². The van der Waals surface area contributed by atoms with Crippen molar-refractivity contribution >= 4 is 0 Å². The summed E-state index contributed by atoms with van der Waals surface area (Å²) >= 11 is 0. The lowest BCUT2D eigenvalue weighted by Gasteiger charge is -2.42. The maximum absolute atomic E-state index is 13.3. The van der Waals surface area contributed by atoms with Crippen molar-refractivity contribution in [2.45, 2.75) is 25.0 Å². The third kappa shape index (κ3) is 4.79. The number of nitrogens with zero attached hydrogens (tertiary/aromatic N) is 3. The highest BCUT2D eigenvalue weighted by atomic mass is 19.1. The highest BCUT2D eigenvalue weighted by Crippen LogP contribution is 2.31. The maximum Gasteiger partial charge on any atom is 0.159 e. The summed E-state index contributed by atoms with van der Waals surface area (Å²) in [6.45, 7) is 3.01. The Morgan fingerprint density at radius 1 is 1.04 bits per heavy atom. The van der Waals surface area contributed by atoms with Crippen molar-refractivity contribution in [3.63, 3.8) is 0 Å². The van der Waals surface area contributed by atoms with E-state index in [1.165, 1.54) is 12.1 Å². The molecule has 3 rings (SSSR count). The van der Waals surface area contributed by atoms with Crippen LogP contribution in [-0.4, -0.2) is 51.6 Å². The molecule has 2 aromatic rings. The van der Waals surface area contributed by atoms with Crippen molar-refractivity contribution in [2.24, 2.45) is 0 Å². The molecule has 26 heavy (non-hydrogen) atoms. The quantitative estimate of drug-likeness (QED) is 0.796. The van der Waals surface area contributed by atoms with Crippen LogP contribution in [0.2, 0.25) is 0 Å². The van der Waals surface area contributed by atoms with Crippen molar-refractivity contribution in [3.05, 3.63) is 59.7 Å². The number of benzene rings is 1. The van der Waals surface area contributed by atoms with E-state index in [2.05, 4.69) is 15.3 Å². The molecule has 1 unspecified atom stereocenters. The molecule has 1 aliphatic rings. The van der Waals surface area contributed by atoms with Crippen molar-refractivity contribution < 1.29 is 19.4 Å². The maximum atomic E-state index is 13.3. The molecular formula is C18H24F2N4O2. The molecule has 1 aromatic carbocycles. The van der Waals surface area contributed by atoms with Gasteiger partial charge in [-0.25, -0.2) is 18.7 Å². The van der Waals surface area contributed by atoms with Crippen LogP contribution in [0.3, 0.4) is 0 Å². The van der Waals surface area contributed by atoms with Gasteiger partial charge in [-0.1, -0.05) is 12.1 Å². The lowest BCUT2D eigenvalue weighted by Crippen LogP contribution is -2.54. The molecule has 0 saturated carbocycles. The second-order valence-electron chi connectivity index (χ2n) is 6.23. The second-order valence-corrected chi connectivity index (χ2v) is 6.23. The van der Waals surface area contributed by atoms with Gasteiger partial charge in [-0.05, 0) is 30.5 Å². The first kappa shape index (κ1) is 20.3. The molecule has 0 amide bonds. The van der Waals surface area contributed by atoms with Crippen LogP contribution in [0.1, 0.15) is 24.2 Å². The van der Waals surface area contributed by atoms with Gasteiger partial charge in [0.1, 0.15) is 17.4 Å². The molecule has 1 saturated heterocycles. The van der Waals surface area contributed by atoms with E-state index < -0.39 is 11.5 Å². The van der Waals surface area contributed by atoms with Gasteiger partial charge < -0.3 is 15.9 Å². The van der Waals surface area contributed by atoms with Gasteiger partial charge in [0.15, 0.2) is 5.82 Å². The summed E-state index contributed by atoms with van der Waals surface area (Å²) in [6, 6.07) is 5.99. The van der Waals surface area contributed by atoms with Gasteiger partial charge in [0.2, 0.25) is 0 Å². The largest absolute Gasteiger partial charge is 0.412 e. The molecule has 2 heterocycles. The Morgan fingerprint density at radius 2 is 1.65 bits per heavy atom. The summed E-state index contributed by atoms with van der Waals surface area (Å²) in [7, 11) is 0. The average Bonchev–Trinajstić information content (AvgIpc) is 2.64. The van der Waals surface area contributed by atoms with Crippen LogP contribution >= 0.6 is 0 Å². The third-order valence-corrected chi connectivity index (χ3v) is 4.55.